The molecule has 0 saturated heterocycles. The van der Waals surface area contributed by atoms with Crippen LogP contribution in [0, 0.1) is 4.64 Å². The molecule has 1 aromatic carbocycles. The molecule has 0 amide bonds. The molecule has 1 saturated carbocycles. The molecule has 3 nitrogen and oxygen atoms in total. The van der Waals surface area contributed by atoms with E-state index in [1.54, 1.807) is 0 Å². The van der Waals surface area contributed by atoms with Gasteiger partial charge in [-0.1, -0.05) is 43.3 Å². The molecule has 0 unspecified atom stereocenters. The molecule has 0 bridgehead atoms. The average molecular weight is 296 g/mol. The van der Waals surface area contributed by atoms with E-state index in [2.05, 4.69) is 9.97 Å². The van der Waals surface area contributed by atoms with E-state index in [9.17, 15) is 0 Å². The summed E-state index contributed by atoms with van der Waals surface area (Å²) in [6.07, 6.45) is 5.06. The molecule has 1 aliphatic rings. The highest BCUT2D eigenvalue weighted by atomic mass is 32.1. The van der Waals surface area contributed by atoms with Crippen LogP contribution in [0.5, 0.6) is 0 Å². The minimum atomic E-state index is 0.581. The highest BCUT2D eigenvalue weighted by Crippen LogP contribution is 2.34. The first kappa shape index (κ1) is 12.8. The fourth-order valence-corrected chi connectivity index (χ4v) is 3.37. The Morgan fingerprint density at radius 2 is 1.95 bits per heavy atom. The fourth-order valence-electron chi connectivity index (χ4n) is 3.15. The number of aromatic amines is 1. The summed E-state index contributed by atoms with van der Waals surface area (Å²) in [5, 5.41) is 1.08. The molecule has 0 spiro atoms. The molecule has 2 heterocycles. The third-order valence-corrected chi connectivity index (χ3v) is 4.43. The van der Waals surface area contributed by atoms with Crippen LogP contribution in [-0.4, -0.2) is 9.97 Å². The molecule has 2 aromatic heterocycles. The summed E-state index contributed by atoms with van der Waals surface area (Å²) in [4.78, 5) is 7.87. The van der Waals surface area contributed by atoms with Gasteiger partial charge >= 0.3 is 0 Å². The van der Waals surface area contributed by atoms with Gasteiger partial charge in [0, 0.05) is 11.1 Å². The van der Waals surface area contributed by atoms with Crippen LogP contribution < -0.4 is 0 Å². The third kappa shape index (κ3) is 2.40. The maximum absolute atomic E-state index is 5.89. The van der Waals surface area contributed by atoms with Crippen LogP contribution in [0.1, 0.15) is 37.3 Å². The van der Waals surface area contributed by atoms with Gasteiger partial charge in [-0.15, -0.1) is 0 Å². The first-order valence-electron chi connectivity index (χ1n) is 7.40. The molecular weight excluding hydrogens is 280 g/mol. The van der Waals surface area contributed by atoms with E-state index in [1.165, 1.54) is 31.4 Å². The Kier molecular flexibility index (Phi) is 3.11. The molecule has 4 rings (SSSR count). The Morgan fingerprint density at radius 1 is 1.14 bits per heavy atom. The topological polar surface area (TPSA) is 41.8 Å². The number of furan rings is 1. The zero-order valence-corrected chi connectivity index (χ0v) is 12.5. The summed E-state index contributed by atoms with van der Waals surface area (Å²) in [5.41, 5.74) is 2.07. The summed E-state index contributed by atoms with van der Waals surface area (Å²) in [6, 6.07) is 12.0. The molecule has 1 aliphatic carbocycles. The normalized spacial score (nSPS) is 15.8. The molecule has 3 aromatic rings. The number of para-hydroxylation sites is 1. The standard InChI is InChI=1S/C17H16N2OS/c21-16-10-13(11-5-1-2-6-11)18-17(19-16)15-9-12-7-3-4-8-14(12)20-15/h3-4,7-11H,1-2,5-6H2,(H,18,19,21). The van der Waals surface area contributed by atoms with Gasteiger partial charge < -0.3 is 9.40 Å². The smallest absolute Gasteiger partial charge is 0.175 e. The highest BCUT2D eigenvalue weighted by molar-refractivity contribution is 7.71. The summed E-state index contributed by atoms with van der Waals surface area (Å²) in [7, 11) is 0. The molecule has 0 atom stereocenters. The van der Waals surface area contributed by atoms with Gasteiger partial charge in [-0.2, -0.15) is 0 Å². The van der Waals surface area contributed by atoms with Crippen LogP contribution in [-0.2, 0) is 0 Å². The second-order valence-electron chi connectivity index (χ2n) is 5.65. The Hall–Kier alpha value is -1.94. The van der Waals surface area contributed by atoms with Gasteiger partial charge in [0.05, 0.1) is 0 Å². The van der Waals surface area contributed by atoms with Crippen LogP contribution in [0.15, 0.2) is 40.8 Å². The maximum Gasteiger partial charge on any atom is 0.175 e. The number of fused-ring (bicyclic) bond motifs is 1. The minimum absolute atomic E-state index is 0.581. The lowest BCUT2D eigenvalue weighted by Crippen LogP contribution is -2.00. The lowest BCUT2D eigenvalue weighted by molar-refractivity contribution is 0.621. The zero-order valence-electron chi connectivity index (χ0n) is 11.6. The molecule has 21 heavy (non-hydrogen) atoms. The summed E-state index contributed by atoms with van der Waals surface area (Å²) in [6.45, 7) is 0. The third-order valence-electron chi connectivity index (χ3n) is 4.22. The van der Waals surface area contributed by atoms with Crippen LogP contribution in [0.25, 0.3) is 22.6 Å². The van der Waals surface area contributed by atoms with Gasteiger partial charge in [-0.05, 0) is 37.0 Å². The van der Waals surface area contributed by atoms with Gasteiger partial charge in [0.25, 0.3) is 0 Å². The van der Waals surface area contributed by atoms with Gasteiger partial charge in [0.2, 0.25) is 0 Å². The first-order chi connectivity index (χ1) is 10.3. The van der Waals surface area contributed by atoms with E-state index in [0.29, 0.717) is 10.6 Å². The summed E-state index contributed by atoms with van der Waals surface area (Å²) >= 11 is 5.33. The Balaban J connectivity index is 1.81. The van der Waals surface area contributed by atoms with Crippen LogP contribution in [0.3, 0.4) is 0 Å². The number of benzene rings is 1. The van der Waals surface area contributed by atoms with E-state index in [0.717, 1.165) is 22.6 Å². The number of nitrogens with one attached hydrogen (secondary N) is 1. The van der Waals surface area contributed by atoms with Crippen molar-refractivity contribution in [3.63, 3.8) is 0 Å². The predicted octanol–water partition coefficient (Wildman–Crippen LogP) is 5.21. The first-order valence-corrected chi connectivity index (χ1v) is 7.81. The summed E-state index contributed by atoms with van der Waals surface area (Å²) in [5.74, 6) is 2.07. The molecule has 0 aliphatic heterocycles. The molecule has 106 valence electrons. The van der Waals surface area contributed by atoms with Crippen molar-refractivity contribution in [2.45, 2.75) is 31.6 Å². The van der Waals surface area contributed by atoms with Crippen LogP contribution >= 0.6 is 12.2 Å². The van der Waals surface area contributed by atoms with E-state index < -0.39 is 0 Å². The van der Waals surface area contributed by atoms with Gasteiger partial charge in [0.15, 0.2) is 11.6 Å². The molecule has 1 fully saturated rings. The lowest BCUT2D eigenvalue weighted by Gasteiger charge is -2.10. The van der Waals surface area contributed by atoms with Crippen molar-refractivity contribution < 1.29 is 4.42 Å². The van der Waals surface area contributed by atoms with E-state index >= 15 is 0 Å². The van der Waals surface area contributed by atoms with E-state index in [4.69, 9.17) is 16.6 Å². The number of hydrogen-bond donors (Lipinski definition) is 1. The molecular formula is C17H16N2OS. The van der Waals surface area contributed by atoms with Crippen molar-refractivity contribution >= 4 is 23.2 Å². The monoisotopic (exact) mass is 296 g/mol. The van der Waals surface area contributed by atoms with Gasteiger partial charge in [-0.25, -0.2) is 4.98 Å². The summed E-state index contributed by atoms with van der Waals surface area (Å²) < 4.78 is 6.52. The Labute approximate surface area is 128 Å². The quantitative estimate of drug-likeness (QED) is 0.660. The maximum atomic E-state index is 5.89. The van der Waals surface area contributed by atoms with Crippen molar-refractivity contribution in [3.05, 3.63) is 46.7 Å². The van der Waals surface area contributed by atoms with E-state index in [-0.39, 0.29) is 0 Å². The molecule has 0 radical (unpaired) electrons. The number of aromatic nitrogens is 2. The minimum Gasteiger partial charge on any atom is -0.453 e. The number of H-pyrrole nitrogens is 1. The van der Waals surface area contributed by atoms with Crippen molar-refractivity contribution in [3.8, 4) is 11.6 Å². The molecule has 4 heteroatoms. The van der Waals surface area contributed by atoms with Crippen molar-refractivity contribution in [2.24, 2.45) is 0 Å². The predicted molar refractivity (Wildman–Crippen MR) is 85.8 cm³/mol. The Bertz CT molecular complexity index is 810. The van der Waals surface area contributed by atoms with E-state index in [1.807, 2.05) is 36.4 Å². The second-order valence-corrected chi connectivity index (χ2v) is 6.07. The zero-order chi connectivity index (χ0) is 14.2. The van der Waals surface area contributed by atoms with Crippen molar-refractivity contribution in [2.75, 3.05) is 0 Å². The SMILES string of the molecule is S=c1cc(C2CCCC2)[nH]c(-c2cc3ccccc3o2)n1. The molecule has 1 N–H and O–H groups in total. The lowest BCUT2D eigenvalue weighted by atomic mass is 10.0. The Morgan fingerprint density at radius 3 is 2.76 bits per heavy atom. The van der Waals surface area contributed by atoms with Crippen molar-refractivity contribution in [1.82, 2.24) is 9.97 Å². The van der Waals surface area contributed by atoms with Crippen LogP contribution in [0.2, 0.25) is 0 Å². The van der Waals surface area contributed by atoms with Crippen LogP contribution in [0.4, 0.5) is 0 Å². The number of rotatable bonds is 2. The van der Waals surface area contributed by atoms with Gasteiger partial charge in [-0.3, -0.25) is 0 Å². The van der Waals surface area contributed by atoms with Gasteiger partial charge in [0.1, 0.15) is 10.2 Å². The number of nitrogens with zero attached hydrogens (tertiary/aromatic N) is 1. The van der Waals surface area contributed by atoms with Crippen molar-refractivity contribution in [1.29, 1.82) is 0 Å². The highest BCUT2D eigenvalue weighted by Gasteiger charge is 2.19. The fraction of sp³-hybridized carbons (Fsp3) is 0.294. The average Bonchev–Trinajstić information content (AvgIpc) is 3.16. The largest absolute Gasteiger partial charge is 0.453 e. The number of hydrogen-bond acceptors (Lipinski definition) is 3. The second kappa shape index (κ2) is 5.11.